The Kier molecular flexibility index (Phi) is 2.91. The largest absolute Gasteiger partial charge is 0.300 e. The maximum Gasteiger partial charge on any atom is 0.300 e. The Balaban J connectivity index is 2.71. The van der Waals surface area contributed by atoms with Gasteiger partial charge in [0, 0.05) is 23.4 Å². The van der Waals surface area contributed by atoms with Crippen LogP contribution in [0.3, 0.4) is 0 Å². The number of aromatic nitrogens is 4. The van der Waals surface area contributed by atoms with Crippen LogP contribution in [0.4, 0.5) is 0 Å². The molecule has 84 valence electrons. The molecule has 0 spiro atoms. The van der Waals surface area contributed by atoms with Crippen LogP contribution in [0, 0.1) is 0 Å². The standard InChI is InChI=1S/C10H11BrN4O/c1-7(5-11)8(2)15-4-3-14-6-12-13-9(14)10(15)16/h3-4,6H,5H2,1-2H3/b8-7+. The van der Waals surface area contributed by atoms with E-state index in [2.05, 4.69) is 26.1 Å². The van der Waals surface area contributed by atoms with Crippen LogP contribution >= 0.6 is 15.9 Å². The van der Waals surface area contributed by atoms with Crippen LogP contribution in [0.2, 0.25) is 0 Å². The third kappa shape index (κ3) is 1.69. The van der Waals surface area contributed by atoms with Gasteiger partial charge in [0.1, 0.15) is 6.33 Å². The van der Waals surface area contributed by atoms with Crippen LogP contribution in [-0.4, -0.2) is 24.5 Å². The number of nitrogens with zero attached hydrogens (tertiary/aromatic N) is 4. The fraction of sp³-hybridized carbons (Fsp3) is 0.300. The molecule has 0 N–H and O–H groups in total. The van der Waals surface area contributed by atoms with Crippen LogP contribution in [0.25, 0.3) is 11.3 Å². The van der Waals surface area contributed by atoms with E-state index in [0.29, 0.717) is 5.65 Å². The highest BCUT2D eigenvalue weighted by molar-refractivity contribution is 9.09. The van der Waals surface area contributed by atoms with E-state index in [9.17, 15) is 4.79 Å². The van der Waals surface area contributed by atoms with E-state index in [0.717, 1.165) is 16.6 Å². The molecular weight excluding hydrogens is 272 g/mol. The van der Waals surface area contributed by atoms with E-state index < -0.39 is 0 Å². The Labute approximate surface area is 101 Å². The summed E-state index contributed by atoms with van der Waals surface area (Å²) in [5, 5.41) is 8.23. The molecule has 2 aromatic heterocycles. The summed E-state index contributed by atoms with van der Waals surface area (Å²) in [7, 11) is 0. The Morgan fingerprint density at radius 3 is 2.88 bits per heavy atom. The first-order valence-corrected chi connectivity index (χ1v) is 5.91. The molecule has 0 aliphatic heterocycles. The maximum atomic E-state index is 12.0. The van der Waals surface area contributed by atoms with Crippen molar-refractivity contribution in [3.05, 3.63) is 34.6 Å². The topological polar surface area (TPSA) is 52.2 Å². The molecule has 0 saturated carbocycles. The number of hydrogen-bond acceptors (Lipinski definition) is 3. The molecule has 5 nitrogen and oxygen atoms in total. The SMILES string of the molecule is C/C(CBr)=C(/C)n1ccn2cnnc2c1=O. The maximum absolute atomic E-state index is 12.0. The third-order valence-electron chi connectivity index (χ3n) is 2.54. The molecule has 0 amide bonds. The summed E-state index contributed by atoms with van der Waals surface area (Å²) in [6.45, 7) is 3.88. The van der Waals surface area contributed by atoms with Crippen molar-refractivity contribution in [3.8, 4) is 0 Å². The van der Waals surface area contributed by atoms with Crippen molar-refractivity contribution in [1.29, 1.82) is 0 Å². The van der Waals surface area contributed by atoms with Crippen LogP contribution in [-0.2, 0) is 0 Å². The summed E-state index contributed by atoms with van der Waals surface area (Å²) in [6, 6.07) is 0. The van der Waals surface area contributed by atoms with Gasteiger partial charge in [-0.05, 0) is 19.4 Å². The minimum absolute atomic E-state index is 0.155. The number of alkyl halides is 1. The number of rotatable bonds is 2. The highest BCUT2D eigenvalue weighted by Crippen LogP contribution is 2.10. The van der Waals surface area contributed by atoms with Gasteiger partial charge in [-0.1, -0.05) is 15.9 Å². The first-order valence-electron chi connectivity index (χ1n) is 4.79. The molecule has 2 rings (SSSR count). The molecule has 0 unspecified atom stereocenters. The minimum atomic E-state index is -0.155. The van der Waals surface area contributed by atoms with Crippen molar-refractivity contribution in [2.24, 2.45) is 0 Å². The molecule has 0 aliphatic carbocycles. The number of hydrogen-bond donors (Lipinski definition) is 0. The van der Waals surface area contributed by atoms with Crippen molar-refractivity contribution in [1.82, 2.24) is 19.2 Å². The van der Waals surface area contributed by atoms with Gasteiger partial charge in [-0.15, -0.1) is 10.2 Å². The predicted octanol–water partition coefficient (Wildman–Crippen LogP) is 1.54. The van der Waals surface area contributed by atoms with E-state index in [1.807, 2.05) is 13.8 Å². The van der Waals surface area contributed by atoms with Crippen molar-refractivity contribution >= 4 is 27.3 Å². The van der Waals surface area contributed by atoms with Gasteiger partial charge in [0.15, 0.2) is 0 Å². The Morgan fingerprint density at radius 1 is 1.44 bits per heavy atom. The second-order valence-corrected chi connectivity index (χ2v) is 4.10. The Morgan fingerprint density at radius 2 is 2.19 bits per heavy atom. The second kappa shape index (κ2) is 4.21. The van der Waals surface area contributed by atoms with Crippen LogP contribution in [0.15, 0.2) is 29.1 Å². The lowest BCUT2D eigenvalue weighted by atomic mass is 10.3. The molecule has 0 radical (unpaired) electrons. The summed E-state index contributed by atoms with van der Waals surface area (Å²) >= 11 is 3.37. The summed E-state index contributed by atoms with van der Waals surface area (Å²) in [4.78, 5) is 12.0. The molecule has 0 fully saturated rings. The number of halogens is 1. The summed E-state index contributed by atoms with van der Waals surface area (Å²) in [5.74, 6) is 0. The first kappa shape index (κ1) is 11.1. The van der Waals surface area contributed by atoms with E-state index in [1.165, 1.54) is 6.33 Å². The van der Waals surface area contributed by atoms with Crippen molar-refractivity contribution < 1.29 is 0 Å². The Bertz CT molecular complexity index is 611. The van der Waals surface area contributed by atoms with Gasteiger partial charge in [-0.3, -0.25) is 13.8 Å². The zero-order chi connectivity index (χ0) is 11.7. The van der Waals surface area contributed by atoms with E-state index in [4.69, 9.17) is 0 Å². The average molecular weight is 283 g/mol. The minimum Gasteiger partial charge on any atom is -0.284 e. The van der Waals surface area contributed by atoms with Crippen LogP contribution in [0.5, 0.6) is 0 Å². The van der Waals surface area contributed by atoms with E-state index in [-0.39, 0.29) is 5.56 Å². The summed E-state index contributed by atoms with van der Waals surface area (Å²) in [5.41, 5.74) is 2.19. The van der Waals surface area contributed by atoms with Crippen molar-refractivity contribution in [2.75, 3.05) is 5.33 Å². The Hall–Kier alpha value is -1.43. The molecule has 0 aromatic carbocycles. The van der Waals surface area contributed by atoms with Gasteiger partial charge in [-0.2, -0.15) is 0 Å². The monoisotopic (exact) mass is 282 g/mol. The molecule has 0 aliphatic rings. The predicted molar refractivity (Wildman–Crippen MR) is 65.6 cm³/mol. The molecule has 0 bridgehead atoms. The molecule has 0 saturated heterocycles. The average Bonchev–Trinajstić information content (AvgIpc) is 2.76. The van der Waals surface area contributed by atoms with Crippen molar-refractivity contribution in [2.45, 2.75) is 13.8 Å². The third-order valence-corrected chi connectivity index (χ3v) is 3.38. The fourth-order valence-electron chi connectivity index (χ4n) is 1.39. The van der Waals surface area contributed by atoms with Gasteiger partial charge >= 0.3 is 0 Å². The lowest BCUT2D eigenvalue weighted by Gasteiger charge is -2.08. The molecule has 2 heterocycles. The molecular formula is C10H11BrN4O. The van der Waals surface area contributed by atoms with Crippen molar-refractivity contribution in [3.63, 3.8) is 0 Å². The normalized spacial score (nSPS) is 12.9. The smallest absolute Gasteiger partial charge is 0.284 e. The lowest BCUT2D eigenvalue weighted by Crippen LogP contribution is -2.20. The fourth-order valence-corrected chi connectivity index (χ4v) is 1.79. The highest BCUT2D eigenvalue weighted by Gasteiger charge is 2.06. The van der Waals surface area contributed by atoms with Gasteiger partial charge in [-0.25, -0.2) is 0 Å². The lowest BCUT2D eigenvalue weighted by molar-refractivity contribution is 0.952. The molecule has 6 heteroatoms. The van der Waals surface area contributed by atoms with Gasteiger partial charge in [0.05, 0.1) is 0 Å². The summed E-state index contributed by atoms with van der Waals surface area (Å²) < 4.78 is 3.19. The zero-order valence-electron chi connectivity index (χ0n) is 9.01. The van der Waals surface area contributed by atoms with Crippen LogP contribution < -0.4 is 5.56 Å². The van der Waals surface area contributed by atoms with Gasteiger partial charge < -0.3 is 0 Å². The quantitative estimate of drug-likeness (QED) is 0.785. The summed E-state index contributed by atoms with van der Waals surface area (Å²) in [6.07, 6.45) is 5.00. The molecule has 0 atom stereocenters. The van der Waals surface area contributed by atoms with Crippen LogP contribution in [0.1, 0.15) is 13.8 Å². The number of fused-ring (bicyclic) bond motifs is 1. The number of allylic oxidation sites excluding steroid dienone is 2. The molecule has 2 aromatic rings. The highest BCUT2D eigenvalue weighted by atomic mass is 79.9. The van der Waals surface area contributed by atoms with E-state index in [1.54, 1.807) is 21.4 Å². The first-order chi connectivity index (χ1) is 7.65. The molecule has 16 heavy (non-hydrogen) atoms. The zero-order valence-corrected chi connectivity index (χ0v) is 10.6. The van der Waals surface area contributed by atoms with Gasteiger partial charge in [0.2, 0.25) is 5.65 Å². The van der Waals surface area contributed by atoms with Gasteiger partial charge in [0.25, 0.3) is 5.56 Å². The van der Waals surface area contributed by atoms with E-state index >= 15 is 0 Å². The second-order valence-electron chi connectivity index (χ2n) is 3.53.